The van der Waals surface area contributed by atoms with Gasteiger partial charge in [-0.1, -0.05) is 12.1 Å². The van der Waals surface area contributed by atoms with Crippen LogP contribution in [0, 0.1) is 5.82 Å². The lowest BCUT2D eigenvalue weighted by atomic mass is 10.1. The van der Waals surface area contributed by atoms with Gasteiger partial charge in [0.1, 0.15) is 17.3 Å². The number of anilines is 2. The van der Waals surface area contributed by atoms with E-state index in [2.05, 4.69) is 10.3 Å². The Labute approximate surface area is 161 Å². The van der Waals surface area contributed by atoms with Crippen molar-refractivity contribution in [3.8, 4) is 5.75 Å². The van der Waals surface area contributed by atoms with Gasteiger partial charge in [-0.15, -0.1) is 11.3 Å². The fourth-order valence-electron chi connectivity index (χ4n) is 2.55. The van der Waals surface area contributed by atoms with E-state index in [-0.39, 0.29) is 17.8 Å². The number of benzene rings is 2. The molecule has 0 saturated carbocycles. The summed E-state index contributed by atoms with van der Waals surface area (Å²) in [6.07, 6.45) is 0. The summed E-state index contributed by atoms with van der Waals surface area (Å²) in [4.78, 5) is 18.7. The second kappa shape index (κ2) is 8.18. The number of hydrogen-bond acceptors (Lipinski definition) is 5. The molecule has 2 aromatic carbocycles. The van der Waals surface area contributed by atoms with Crippen molar-refractivity contribution in [2.24, 2.45) is 0 Å². The standard InChI is InChI=1S/C20H20FN3O2S/c1-13(14-4-6-15(21)7-5-14)24(2)19(25)18-12-27-20(23-18)22-16-8-10-17(26-3)11-9-16/h4-13H,1-3H3,(H,22,23). The molecule has 0 radical (unpaired) electrons. The molecule has 0 fully saturated rings. The number of hydrogen-bond donors (Lipinski definition) is 1. The number of thiazole rings is 1. The third-order valence-electron chi connectivity index (χ3n) is 4.32. The minimum atomic E-state index is -0.298. The van der Waals surface area contributed by atoms with Crippen LogP contribution in [0.5, 0.6) is 5.75 Å². The topological polar surface area (TPSA) is 54.5 Å². The lowest BCUT2D eigenvalue weighted by Crippen LogP contribution is -2.29. The smallest absolute Gasteiger partial charge is 0.273 e. The highest BCUT2D eigenvalue weighted by Crippen LogP contribution is 2.25. The van der Waals surface area contributed by atoms with Crippen LogP contribution in [-0.4, -0.2) is 29.9 Å². The maximum absolute atomic E-state index is 13.1. The molecule has 3 rings (SSSR count). The van der Waals surface area contributed by atoms with Gasteiger partial charge in [0.05, 0.1) is 13.2 Å². The van der Waals surface area contributed by atoms with Gasteiger partial charge in [0.2, 0.25) is 0 Å². The quantitative estimate of drug-likeness (QED) is 0.658. The summed E-state index contributed by atoms with van der Waals surface area (Å²) in [7, 11) is 3.33. The Balaban J connectivity index is 1.68. The normalized spacial score (nSPS) is 11.7. The predicted octanol–water partition coefficient (Wildman–Crippen LogP) is 4.87. The van der Waals surface area contributed by atoms with Gasteiger partial charge in [0.25, 0.3) is 5.91 Å². The minimum absolute atomic E-state index is 0.189. The molecule has 7 heteroatoms. The number of amides is 1. The average molecular weight is 385 g/mol. The van der Waals surface area contributed by atoms with Crippen molar-refractivity contribution in [2.45, 2.75) is 13.0 Å². The highest BCUT2D eigenvalue weighted by molar-refractivity contribution is 7.14. The average Bonchev–Trinajstić information content (AvgIpc) is 3.16. The zero-order chi connectivity index (χ0) is 19.4. The first-order valence-corrected chi connectivity index (χ1v) is 9.25. The summed E-state index contributed by atoms with van der Waals surface area (Å²) in [5.41, 5.74) is 2.09. The Morgan fingerprint density at radius 1 is 1.19 bits per heavy atom. The Bertz CT molecular complexity index is 910. The Morgan fingerprint density at radius 3 is 2.48 bits per heavy atom. The van der Waals surface area contributed by atoms with Gasteiger partial charge in [0.15, 0.2) is 5.13 Å². The van der Waals surface area contributed by atoms with Crippen LogP contribution >= 0.6 is 11.3 Å². The number of ether oxygens (including phenoxy) is 1. The molecule has 1 heterocycles. The van der Waals surface area contributed by atoms with Crippen molar-refractivity contribution in [1.29, 1.82) is 0 Å². The molecular weight excluding hydrogens is 365 g/mol. The van der Waals surface area contributed by atoms with E-state index in [1.54, 1.807) is 36.6 Å². The van der Waals surface area contributed by atoms with E-state index in [9.17, 15) is 9.18 Å². The van der Waals surface area contributed by atoms with Crippen molar-refractivity contribution >= 4 is 28.1 Å². The molecule has 0 saturated heterocycles. The highest BCUT2D eigenvalue weighted by Gasteiger charge is 2.21. The fourth-order valence-corrected chi connectivity index (χ4v) is 3.25. The van der Waals surface area contributed by atoms with E-state index in [0.717, 1.165) is 17.0 Å². The van der Waals surface area contributed by atoms with Crippen LogP contribution in [0.2, 0.25) is 0 Å². The molecule has 140 valence electrons. The van der Waals surface area contributed by atoms with Crippen LogP contribution in [0.4, 0.5) is 15.2 Å². The second-order valence-corrected chi connectivity index (χ2v) is 6.89. The SMILES string of the molecule is COc1ccc(Nc2nc(C(=O)N(C)C(C)c3ccc(F)cc3)cs2)cc1. The lowest BCUT2D eigenvalue weighted by Gasteiger charge is -2.24. The summed E-state index contributed by atoms with van der Waals surface area (Å²) in [5.74, 6) is 0.284. The monoisotopic (exact) mass is 385 g/mol. The van der Waals surface area contributed by atoms with Gasteiger partial charge in [-0.2, -0.15) is 0 Å². The van der Waals surface area contributed by atoms with Crippen LogP contribution < -0.4 is 10.1 Å². The summed E-state index contributed by atoms with van der Waals surface area (Å²) < 4.78 is 18.2. The minimum Gasteiger partial charge on any atom is -0.497 e. The number of carbonyl (C=O) groups is 1. The molecule has 27 heavy (non-hydrogen) atoms. The fraction of sp³-hybridized carbons (Fsp3) is 0.200. The van der Waals surface area contributed by atoms with Gasteiger partial charge < -0.3 is 15.0 Å². The maximum atomic E-state index is 13.1. The summed E-state index contributed by atoms with van der Waals surface area (Å²) in [6.45, 7) is 1.90. The summed E-state index contributed by atoms with van der Waals surface area (Å²) >= 11 is 1.36. The van der Waals surface area contributed by atoms with Crippen LogP contribution in [0.25, 0.3) is 0 Å². The number of aromatic nitrogens is 1. The van der Waals surface area contributed by atoms with E-state index < -0.39 is 0 Å². The first kappa shape index (κ1) is 18.8. The molecule has 1 aromatic heterocycles. The zero-order valence-electron chi connectivity index (χ0n) is 15.3. The molecule has 0 bridgehead atoms. The molecular formula is C20H20FN3O2S. The molecule has 0 spiro atoms. The maximum Gasteiger partial charge on any atom is 0.273 e. The number of carbonyl (C=O) groups excluding carboxylic acids is 1. The van der Waals surface area contributed by atoms with Crippen molar-refractivity contribution in [3.05, 3.63) is 71.0 Å². The highest BCUT2D eigenvalue weighted by atomic mass is 32.1. The lowest BCUT2D eigenvalue weighted by molar-refractivity contribution is 0.0737. The molecule has 1 amide bonds. The van der Waals surface area contributed by atoms with E-state index in [1.165, 1.54) is 23.5 Å². The van der Waals surface area contributed by atoms with Crippen LogP contribution in [0.1, 0.15) is 29.0 Å². The van der Waals surface area contributed by atoms with E-state index >= 15 is 0 Å². The van der Waals surface area contributed by atoms with Crippen molar-refractivity contribution < 1.29 is 13.9 Å². The number of halogens is 1. The Morgan fingerprint density at radius 2 is 1.85 bits per heavy atom. The molecule has 1 unspecified atom stereocenters. The molecule has 1 N–H and O–H groups in total. The molecule has 5 nitrogen and oxygen atoms in total. The third kappa shape index (κ3) is 4.43. The summed E-state index contributed by atoms with van der Waals surface area (Å²) in [5, 5.41) is 5.53. The Hall–Kier alpha value is -2.93. The van der Waals surface area contributed by atoms with Crippen molar-refractivity contribution in [1.82, 2.24) is 9.88 Å². The number of methoxy groups -OCH3 is 1. The Kier molecular flexibility index (Phi) is 5.71. The van der Waals surface area contributed by atoms with Crippen LogP contribution in [0.3, 0.4) is 0 Å². The van der Waals surface area contributed by atoms with Gasteiger partial charge in [-0.05, 0) is 48.9 Å². The third-order valence-corrected chi connectivity index (χ3v) is 5.08. The summed E-state index contributed by atoms with van der Waals surface area (Å²) in [6, 6.07) is 13.4. The second-order valence-electron chi connectivity index (χ2n) is 6.03. The molecule has 3 aromatic rings. The first-order valence-electron chi connectivity index (χ1n) is 8.37. The molecule has 1 atom stereocenters. The van der Waals surface area contributed by atoms with E-state index in [1.807, 2.05) is 31.2 Å². The molecule has 0 aliphatic heterocycles. The van der Waals surface area contributed by atoms with Gasteiger partial charge >= 0.3 is 0 Å². The predicted molar refractivity (Wildman–Crippen MR) is 105 cm³/mol. The van der Waals surface area contributed by atoms with Crippen molar-refractivity contribution in [3.63, 3.8) is 0 Å². The zero-order valence-corrected chi connectivity index (χ0v) is 16.1. The van der Waals surface area contributed by atoms with Crippen LogP contribution in [-0.2, 0) is 0 Å². The van der Waals surface area contributed by atoms with Gasteiger partial charge in [-0.25, -0.2) is 9.37 Å². The van der Waals surface area contributed by atoms with E-state index in [0.29, 0.717) is 10.8 Å². The van der Waals surface area contributed by atoms with E-state index in [4.69, 9.17) is 4.74 Å². The molecule has 0 aliphatic carbocycles. The largest absolute Gasteiger partial charge is 0.497 e. The molecule has 0 aliphatic rings. The van der Waals surface area contributed by atoms with Crippen molar-refractivity contribution in [2.75, 3.05) is 19.5 Å². The van der Waals surface area contributed by atoms with Gasteiger partial charge in [-0.3, -0.25) is 4.79 Å². The number of rotatable bonds is 6. The number of nitrogens with zero attached hydrogens (tertiary/aromatic N) is 2. The van der Waals surface area contributed by atoms with Gasteiger partial charge in [0, 0.05) is 18.1 Å². The van der Waals surface area contributed by atoms with Crippen LogP contribution in [0.15, 0.2) is 53.9 Å². The first-order chi connectivity index (χ1) is 13.0. The number of nitrogens with one attached hydrogen (secondary N) is 1.